The minimum Gasteiger partial charge on any atom is -0.378 e. The zero-order chi connectivity index (χ0) is 20.5. The second-order valence-electron chi connectivity index (χ2n) is 6.96. The normalized spacial score (nSPS) is 11.1. The molecule has 0 aliphatic heterocycles. The molecule has 0 radical (unpaired) electrons. The van der Waals surface area contributed by atoms with Crippen LogP contribution in [0, 0.1) is 12.7 Å². The Morgan fingerprint density at radius 3 is 2.73 bits per heavy atom. The van der Waals surface area contributed by atoms with Crippen LogP contribution in [0.3, 0.4) is 0 Å². The van der Waals surface area contributed by atoms with Crippen LogP contribution in [0.15, 0.2) is 67.0 Å². The zero-order valence-corrected chi connectivity index (χ0v) is 17.0. The van der Waals surface area contributed by atoms with Crippen LogP contribution in [0.2, 0.25) is 0 Å². The number of aromatic nitrogens is 4. The third kappa shape index (κ3) is 3.67. The predicted octanol–water partition coefficient (Wildman–Crippen LogP) is 5.81. The Hall–Kier alpha value is -3.58. The third-order valence-electron chi connectivity index (χ3n) is 4.75. The van der Waals surface area contributed by atoms with Crippen molar-refractivity contribution < 1.29 is 4.39 Å². The van der Waals surface area contributed by atoms with E-state index < -0.39 is 0 Å². The van der Waals surface area contributed by atoms with Crippen LogP contribution in [-0.4, -0.2) is 19.9 Å². The van der Waals surface area contributed by atoms with Gasteiger partial charge in [0.2, 0.25) is 0 Å². The van der Waals surface area contributed by atoms with Crippen LogP contribution < -0.4 is 5.32 Å². The predicted molar refractivity (Wildman–Crippen MR) is 119 cm³/mol. The third-order valence-corrected chi connectivity index (χ3v) is 5.88. The first-order chi connectivity index (χ1) is 14.7. The molecule has 0 unspecified atom stereocenters. The van der Waals surface area contributed by atoms with Gasteiger partial charge in [-0.25, -0.2) is 9.37 Å². The number of aromatic amines is 1. The highest BCUT2D eigenvalue weighted by Crippen LogP contribution is 2.37. The summed E-state index contributed by atoms with van der Waals surface area (Å²) in [7, 11) is 0. The number of imidazole rings is 1. The van der Waals surface area contributed by atoms with Crippen LogP contribution in [0.25, 0.3) is 32.0 Å². The lowest BCUT2D eigenvalue weighted by Crippen LogP contribution is -2.01. The molecule has 148 valence electrons. The second-order valence-corrected chi connectivity index (χ2v) is 8.04. The van der Waals surface area contributed by atoms with Gasteiger partial charge in [-0.05, 0) is 55.5 Å². The maximum atomic E-state index is 13.1. The van der Waals surface area contributed by atoms with Gasteiger partial charge in [-0.15, -0.1) is 11.3 Å². The lowest BCUT2D eigenvalue weighted by molar-refractivity contribution is 0.628. The van der Waals surface area contributed by atoms with E-state index in [-0.39, 0.29) is 5.82 Å². The molecular weight excluding hydrogens is 397 g/mol. The molecule has 0 atom stereocenters. The molecule has 7 heteroatoms. The van der Waals surface area contributed by atoms with Crippen LogP contribution in [0.5, 0.6) is 0 Å². The number of hydrogen-bond donors (Lipinski definition) is 2. The van der Waals surface area contributed by atoms with Crippen LogP contribution in [-0.2, 0) is 6.54 Å². The van der Waals surface area contributed by atoms with Crippen molar-refractivity contribution in [3.05, 3.63) is 84.3 Å². The minimum atomic E-state index is -0.257. The lowest BCUT2D eigenvalue weighted by atomic mass is 10.2. The van der Waals surface area contributed by atoms with Gasteiger partial charge in [-0.1, -0.05) is 6.07 Å². The lowest BCUT2D eigenvalue weighted by Gasteiger charge is -2.03. The Balaban J connectivity index is 1.54. The molecule has 0 saturated heterocycles. The van der Waals surface area contributed by atoms with Crippen molar-refractivity contribution >= 4 is 27.1 Å². The molecule has 30 heavy (non-hydrogen) atoms. The minimum absolute atomic E-state index is 0.257. The number of thiophene rings is 1. The monoisotopic (exact) mass is 415 g/mol. The molecule has 5 rings (SSSR count). The van der Waals surface area contributed by atoms with E-state index in [1.165, 1.54) is 16.8 Å². The number of anilines is 1. The molecule has 0 amide bonds. The van der Waals surface area contributed by atoms with Crippen molar-refractivity contribution in [1.82, 2.24) is 19.9 Å². The van der Waals surface area contributed by atoms with Gasteiger partial charge >= 0.3 is 0 Å². The summed E-state index contributed by atoms with van der Waals surface area (Å²) < 4.78 is 14.3. The van der Waals surface area contributed by atoms with E-state index in [0.717, 1.165) is 44.6 Å². The van der Waals surface area contributed by atoms with E-state index in [4.69, 9.17) is 4.98 Å². The summed E-state index contributed by atoms with van der Waals surface area (Å²) in [5, 5.41) is 4.38. The number of rotatable bonds is 5. The summed E-state index contributed by atoms with van der Waals surface area (Å²) in [5.41, 5.74) is 4.34. The van der Waals surface area contributed by atoms with E-state index in [1.54, 1.807) is 29.7 Å². The number of nitrogens with zero attached hydrogens (tertiary/aromatic N) is 3. The summed E-state index contributed by atoms with van der Waals surface area (Å²) in [6.45, 7) is 2.45. The molecule has 0 bridgehead atoms. The molecule has 4 aromatic heterocycles. The standard InChI is InChI=1S/C23H18FN5S/c1-14-3-2-4-18(27-14)22-23(20-11-15-12-25-10-9-19(15)30-20)29-21(28-22)13-26-17-7-5-16(24)6-8-17/h2-12,26H,13H2,1H3,(H,28,29). The Kier molecular flexibility index (Phi) is 4.72. The fourth-order valence-corrected chi connectivity index (χ4v) is 4.34. The molecule has 5 nitrogen and oxygen atoms in total. The molecule has 5 aromatic rings. The molecule has 2 N–H and O–H groups in total. The van der Waals surface area contributed by atoms with Gasteiger partial charge < -0.3 is 10.3 Å². The summed E-state index contributed by atoms with van der Waals surface area (Å²) in [4.78, 5) is 18.3. The number of benzene rings is 1. The fraction of sp³-hybridized carbons (Fsp3) is 0.0870. The van der Waals surface area contributed by atoms with Crippen LogP contribution >= 0.6 is 11.3 Å². The summed E-state index contributed by atoms with van der Waals surface area (Å²) in [6, 6.07) is 16.4. The summed E-state index contributed by atoms with van der Waals surface area (Å²) in [6.07, 6.45) is 3.67. The van der Waals surface area contributed by atoms with E-state index in [9.17, 15) is 4.39 Å². The van der Waals surface area contributed by atoms with Crippen molar-refractivity contribution in [3.63, 3.8) is 0 Å². The molecule has 0 saturated carbocycles. The average molecular weight is 415 g/mol. The Morgan fingerprint density at radius 2 is 1.93 bits per heavy atom. The molecule has 0 spiro atoms. The average Bonchev–Trinajstić information content (AvgIpc) is 3.37. The first-order valence-corrected chi connectivity index (χ1v) is 10.3. The van der Waals surface area contributed by atoms with E-state index >= 15 is 0 Å². The van der Waals surface area contributed by atoms with Crippen molar-refractivity contribution in [1.29, 1.82) is 0 Å². The van der Waals surface area contributed by atoms with Crippen LogP contribution in [0.1, 0.15) is 11.5 Å². The second kappa shape index (κ2) is 7.68. The quantitative estimate of drug-likeness (QED) is 0.380. The van der Waals surface area contributed by atoms with Crippen LogP contribution in [0.4, 0.5) is 10.1 Å². The molecule has 0 fully saturated rings. The summed E-state index contributed by atoms with van der Waals surface area (Å²) in [5.74, 6) is 0.524. The number of hydrogen-bond acceptors (Lipinski definition) is 5. The van der Waals surface area contributed by atoms with Gasteiger partial charge in [0, 0.05) is 33.9 Å². The highest BCUT2D eigenvalue weighted by atomic mass is 32.1. The number of fused-ring (bicyclic) bond motifs is 1. The fourth-order valence-electron chi connectivity index (χ4n) is 3.31. The molecule has 4 heterocycles. The number of pyridine rings is 2. The van der Waals surface area contributed by atoms with Gasteiger partial charge in [-0.3, -0.25) is 9.97 Å². The smallest absolute Gasteiger partial charge is 0.126 e. The maximum absolute atomic E-state index is 13.1. The van der Waals surface area contributed by atoms with Gasteiger partial charge in [0.25, 0.3) is 0 Å². The van der Waals surface area contributed by atoms with E-state index in [2.05, 4.69) is 26.3 Å². The van der Waals surface area contributed by atoms with E-state index in [0.29, 0.717) is 6.54 Å². The largest absolute Gasteiger partial charge is 0.378 e. The maximum Gasteiger partial charge on any atom is 0.126 e. The summed E-state index contributed by atoms with van der Waals surface area (Å²) >= 11 is 1.69. The number of H-pyrrole nitrogens is 1. The van der Waals surface area contributed by atoms with Crippen molar-refractivity contribution in [2.24, 2.45) is 0 Å². The Bertz CT molecular complexity index is 1290. The SMILES string of the molecule is Cc1cccc(-c2nc(CNc3ccc(F)cc3)[nH]c2-c2cc3cnccc3s2)n1. The highest BCUT2D eigenvalue weighted by molar-refractivity contribution is 7.22. The van der Waals surface area contributed by atoms with Gasteiger partial charge in [0.15, 0.2) is 0 Å². The Morgan fingerprint density at radius 1 is 1.07 bits per heavy atom. The topological polar surface area (TPSA) is 66.5 Å². The number of aryl methyl sites for hydroxylation is 1. The highest BCUT2D eigenvalue weighted by Gasteiger charge is 2.17. The molecule has 1 aromatic carbocycles. The molecule has 0 aliphatic rings. The first-order valence-electron chi connectivity index (χ1n) is 9.52. The molecular formula is C23H18FN5S. The van der Waals surface area contributed by atoms with Crippen molar-refractivity contribution in [3.8, 4) is 22.0 Å². The van der Waals surface area contributed by atoms with E-state index in [1.807, 2.05) is 37.4 Å². The number of halogens is 1. The zero-order valence-electron chi connectivity index (χ0n) is 16.2. The van der Waals surface area contributed by atoms with Gasteiger partial charge in [0.1, 0.15) is 17.3 Å². The van der Waals surface area contributed by atoms with Gasteiger partial charge in [0.05, 0.1) is 22.8 Å². The molecule has 0 aliphatic carbocycles. The number of nitrogens with one attached hydrogen (secondary N) is 2. The van der Waals surface area contributed by atoms with Gasteiger partial charge in [-0.2, -0.15) is 0 Å². The Labute approximate surface area is 176 Å². The first kappa shape index (κ1) is 18.4. The van der Waals surface area contributed by atoms with Crippen molar-refractivity contribution in [2.45, 2.75) is 13.5 Å². The van der Waals surface area contributed by atoms with Crippen molar-refractivity contribution in [2.75, 3.05) is 5.32 Å².